The average molecular weight is 305 g/mol. The highest BCUT2D eigenvalue weighted by Gasteiger charge is 2.23. The van der Waals surface area contributed by atoms with Gasteiger partial charge in [-0.25, -0.2) is 4.79 Å². The van der Waals surface area contributed by atoms with Crippen molar-refractivity contribution in [2.24, 2.45) is 0 Å². The molecule has 0 heterocycles. The maximum absolute atomic E-state index is 12.1. The van der Waals surface area contributed by atoms with E-state index in [0.29, 0.717) is 16.1 Å². The molecule has 0 aromatic heterocycles. The van der Waals surface area contributed by atoms with Gasteiger partial charge in [-0.2, -0.15) is 0 Å². The van der Waals surface area contributed by atoms with Crippen molar-refractivity contribution >= 4 is 24.0 Å². The fourth-order valence-electron chi connectivity index (χ4n) is 1.79. The van der Waals surface area contributed by atoms with Crippen molar-refractivity contribution in [2.45, 2.75) is 12.7 Å². The van der Waals surface area contributed by atoms with Crippen LogP contribution in [0.4, 0.5) is 0 Å². The van der Waals surface area contributed by atoms with Gasteiger partial charge in [0.05, 0.1) is 0 Å². The quantitative estimate of drug-likeness (QED) is 0.607. The van der Waals surface area contributed by atoms with Gasteiger partial charge >= 0.3 is 5.97 Å². The van der Waals surface area contributed by atoms with Crippen LogP contribution in [0.2, 0.25) is 5.02 Å². The zero-order valence-electron chi connectivity index (χ0n) is 11.1. The summed E-state index contributed by atoms with van der Waals surface area (Å²) in [5.74, 6) is -0.645. The fraction of sp³-hybridized carbons (Fsp3) is 0.125. The van der Waals surface area contributed by atoms with E-state index in [0.717, 1.165) is 0 Å². The number of rotatable bonds is 6. The summed E-state index contributed by atoms with van der Waals surface area (Å²) in [6.07, 6.45) is -1.08. The molecule has 0 aliphatic carbocycles. The van der Waals surface area contributed by atoms with Crippen LogP contribution < -0.4 is 0 Å². The minimum atomic E-state index is -1.08. The molecule has 0 aliphatic rings. The largest absolute Gasteiger partial charge is 0.458 e. The molecule has 21 heavy (non-hydrogen) atoms. The molecule has 0 saturated carbocycles. The third kappa shape index (κ3) is 4.07. The highest BCUT2D eigenvalue weighted by Crippen LogP contribution is 2.20. The lowest BCUT2D eigenvalue weighted by Crippen LogP contribution is -2.18. The van der Waals surface area contributed by atoms with E-state index in [4.69, 9.17) is 21.1 Å². The second-order valence-electron chi connectivity index (χ2n) is 4.22. The molecule has 0 bridgehead atoms. The Morgan fingerprint density at radius 1 is 1.10 bits per heavy atom. The summed E-state index contributed by atoms with van der Waals surface area (Å²) in [7, 11) is 0. The summed E-state index contributed by atoms with van der Waals surface area (Å²) < 4.78 is 9.99. The van der Waals surface area contributed by atoms with E-state index in [1.807, 2.05) is 0 Å². The van der Waals surface area contributed by atoms with Crippen molar-refractivity contribution in [2.75, 3.05) is 0 Å². The molecule has 0 spiro atoms. The lowest BCUT2D eigenvalue weighted by Gasteiger charge is -2.15. The summed E-state index contributed by atoms with van der Waals surface area (Å²) >= 11 is 5.99. The number of benzene rings is 2. The van der Waals surface area contributed by atoms with Gasteiger partial charge in [-0.15, -0.1) is 0 Å². The normalized spacial score (nSPS) is 11.5. The van der Waals surface area contributed by atoms with Gasteiger partial charge in [-0.1, -0.05) is 60.1 Å². The zero-order valence-corrected chi connectivity index (χ0v) is 11.8. The number of ether oxygens (including phenoxy) is 2. The van der Waals surface area contributed by atoms with Gasteiger partial charge in [0.2, 0.25) is 6.10 Å². The van der Waals surface area contributed by atoms with Crippen LogP contribution in [0.25, 0.3) is 0 Å². The van der Waals surface area contributed by atoms with Crippen molar-refractivity contribution in [3.05, 3.63) is 70.7 Å². The molecule has 0 N–H and O–H groups in total. The molecule has 1 unspecified atom stereocenters. The third-order valence-corrected chi connectivity index (χ3v) is 3.20. The van der Waals surface area contributed by atoms with Crippen LogP contribution in [0.5, 0.6) is 0 Å². The number of hydrogen-bond donors (Lipinski definition) is 0. The van der Waals surface area contributed by atoms with Crippen molar-refractivity contribution in [3.63, 3.8) is 0 Å². The highest BCUT2D eigenvalue weighted by molar-refractivity contribution is 6.31. The minimum Gasteiger partial charge on any atom is -0.458 e. The van der Waals surface area contributed by atoms with Crippen LogP contribution >= 0.6 is 11.6 Å². The topological polar surface area (TPSA) is 52.6 Å². The van der Waals surface area contributed by atoms with Crippen LogP contribution in [-0.4, -0.2) is 12.4 Å². The van der Waals surface area contributed by atoms with E-state index >= 15 is 0 Å². The van der Waals surface area contributed by atoms with Crippen molar-refractivity contribution in [1.82, 2.24) is 0 Å². The van der Waals surface area contributed by atoms with E-state index in [1.165, 1.54) is 0 Å². The fourth-order valence-corrected chi connectivity index (χ4v) is 1.98. The molecule has 2 aromatic rings. The molecule has 0 radical (unpaired) electrons. The molecule has 0 amide bonds. The van der Waals surface area contributed by atoms with E-state index in [9.17, 15) is 9.59 Å². The first-order chi connectivity index (χ1) is 10.2. The van der Waals surface area contributed by atoms with Gasteiger partial charge in [0.25, 0.3) is 6.47 Å². The molecular weight excluding hydrogens is 292 g/mol. The van der Waals surface area contributed by atoms with Crippen molar-refractivity contribution in [3.8, 4) is 0 Å². The molecule has 0 aliphatic heterocycles. The molecule has 2 rings (SSSR count). The van der Waals surface area contributed by atoms with Gasteiger partial charge in [-0.05, 0) is 6.07 Å². The van der Waals surface area contributed by atoms with Crippen molar-refractivity contribution in [1.29, 1.82) is 0 Å². The summed E-state index contributed by atoms with van der Waals surface area (Å²) in [6, 6.07) is 15.7. The molecule has 2 aromatic carbocycles. The zero-order chi connectivity index (χ0) is 15.1. The Hall–Kier alpha value is -2.33. The molecule has 1 atom stereocenters. The summed E-state index contributed by atoms with van der Waals surface area (Å²) in [5.41, 5.74) is 1.24. The van der Waals surface area contributed by atoms with Crippen LogP contribution in [0.15, 0.2) is 54.6 Å². The molecule has 4 nitrogen and oxygen atoms in total. The Bertz CT molecular complexity index is 613. The first kappa shape index (κ1) is 15.1. The minimum absolute atomic E-state index is 0.0179. The Kier molecular flexibility index (Phi) is 5.35. The lowest BCUT2D eigenvalue weighted by atomic mass is 10.1. The van der Waals surface area contributed by atoms with Gasteiger partial charge in [0.15, 0.2) is 0 Å². The molecule has 108 valence electrons. The van der Waals surface area contributed by atoms with Gasteiger partial charge in [0, 0.05) is 16.1 Å². The SMILES string of the molecule is O=COC(C(=O)OCc1ccccc1Cl)c1ccccc1. The maximum atomic E-state index is 12.1. The van der Waals surface area contributed by atoms with Crippen LogP contribution in [0, 0.1) is 0 Å². The third-order valence-electron chi connectivity index (χ3n) is 2.84. The first-order valence-electron chi connectivity index (χ1n) is 6.26. The van der Waals surface area contributed by atoms with Gasteiger partial charge in [0.1, 0.15) is 6.61 Å². The van der Waals surface area contributed by atoms with Crippen LogP contribution in [0.3, 0.4) is 0 Å². The lowest BCUT2D eigenvalue weighted by molar-refractivity contribution is -0.163. The summed E-state index contributed by atoms with van der Waals surface area (Å²) in [6.45, 7) is 0.248. The van der Waals surface area contributed by atoms with E-state index in [-0.39, 0.29) is 13.1 Å². The predicted octanol–water partition coefficient (Wildman–Crippen LogP) is 3.30. The Morgan fingerprint density at radius 2 is 1.76 bits per heavy atom. The van der Waals surface area contributed by atoms with E-state index in [1.54, 1.807) is 54.6 Å². The smallest absolute Gasteiger partial charge is 0.352 e. The van der Waals surface area contributed by atoms with Crippen molar-refractivity contribution < 1.29 is 19.1 Å². The van der Waals surface area contributed by atoms with Crippen LogP contribution in [-0.2, 0) is 25.7 Å². The number of halogens is 1. The molecular formula is C16H13ClO4. The second kappa shape index (κ2) is 7.45. The first-order valence-corrected chi connectivity index (χ1v) is 6.64. The van der Waals surface area contributed by atoms with Gasteiger partial charge < -0.3 is 9.47 Å². The number of carbonyl (C=O) groups is 2. The molecule has 0 fully saturated rings. The Morgan fingerprint density at radius 3 is 2.43 bits per heavy atom. The van der Waals surface area contributed by atoms with Crippen LogP contribution in [0.1, 0.15) is 17.2 Å². The van der Waals surface area contributed by atoms with E-state index < -0.39 is 12.1 Å². The Labute approximate surface area is 127 Å². The number of esters is 1. The predicted molar refractivity (Wildman–Crippen MR) is 77.6 cm³/mol. The van der Waals surface area contributed by atoms with E-state index in [2.05, 4.69) is 0 Å². The highest BCUT2D eigenvalue weighted by atomic mass is 35.5. The summed E-state index contributed by atoms with van der Waals surface area (Å²) in [5, 5.41) is 0.512. The monoisotopic (exact) mass is 304 g/mol. The summed E-state index contributed by atoms with van der Waals surface area (Å²) in [4.78, 5) is 22.6. The van der Waals surface area contributed by atoms with Gasteiger partial charge in [-0.3, -0.25) is 4.79 Å². The average Bonchev–Trinajstić information content (AvgIpc) is 2.52. The maximum Gasteiger partial charge on any atom is 0.352 e. The number of carbonyl (C=O) groups excluding carboxylic acids is 2. The Balaban J connectivity index is 2.06. The number of hydrogen-bond acceptors (Lipinski definition) is 4. The second-order valence-corrected chi connectivity index (χ2v) is 4.63. The molecule has 0 saturated heterocycles. The molecule has 5 heteroatoms. The standard InChI is InChI=1S/C16H13ClO4/c17-14-9-5-4-8-13(14)10-20-16(19)15(21-11-18)12-6-2-1-3-7-12/h1-9,11,15H,10H2.